The molecule has 0 bridgehead atoms. The van der Waals surface area contributed by atoms with E-state index in [0.717, 1.165) is 31.4 Å². The van der Waals surface area contributed by atoms with Crippen LogP contribution in [0.15, 0.2) is 24.3 Å². The highest BCUT2D eigenvalue weighted by Gasteiger charge is 2.37. The van der Waals surface area contributed by atoms with Crippen molar-refractivity contribution in [2.75, 3.05) is 0 Å². The average molecular weight is 329 g/mol. The summed E-state index contributed by atoms with van der Waals surface area (Å²) in [5.74, 6) is -2.46. The molecule has 2 N–H and O–H groups in total. The Bertz CT molecular complexity index is 580. The van der Waals surface area contributed by atoms with Crippen LogP contribution in [0.25, 0.3) is 0 Å². The summed E-state index contributed by atoms with van der Waals surface area (Å²) in [4.78, 5) is 23.6. The molecule has 1 saturated carbocycles. The molecule has 1 aliphatic carbocycles. The van der Waals surface area contributed by atoms with Gasteiger partial charge in [-0.25, -0.2) is 4.79 Å². The first-order chi connectivity index (χ1) is 10.8. The number of nitrogens with one attached hydrogen (secondary N) is 1. The van der Waals surface area contributed by atoms with Crippen LogP contribution in [-0.4, -0.2) is 23.0 Å². The second-order valence-corrected chi connectivity index (χ2v) is 5.73. The molecule has 2 rings (SSSR count). The molecule has 1 fully saturated rings. The number of carboxylic acids is 1. The van der Waals surface area contributed by atoms with Crippen molar-refractivity contribution in [1.82, 2.24) is 5.32 Å². The van der Waals surface area contributed by atoms with Crippen molar-refractivity contribution >= 4 is 11.9 Å². The predicted molar refractivity (Wildman–Crippen MR) is 76.9 cm³/mol. The first-order valence-corrected chi connectivity index (χ1v) is 7.50. The van der Waals surface area contributed by atoms with E-state index in [1.807, 2.05) is 0 Å². The zero-order valence-electron chi connectivity index (χ0n) is 12.4. The Kier molecular flexibility index (Phi) is 5.28. The molecule has 23 heavy (non-hydrogen) atoms. The van der Waals surface area contributed by atoms with Crippen LogP contribution in [0.1, 0.15) is 48.0 Å². The van der Waals surface area contributed by atoms with Gasteiger partial charge in [0.15, 0.2) is 0 Å². The molecule has 0 spiro atoms. The fourth-order valence-electron chi connectivity index (χ4n) is 3.00. The third-order valence-electron chi connectivity index (χ3n) is 4.15. The summed E-state index contributed by atoms with van der Waals surface area (Å²) >= 11 is 0. The number of carbonyl (C=O) groups is 2. The maximum atomic E-state index is 13.0. The maximum Gasteiger partial charge on any atom is 0.417 e. The summed E-state index contributed by atoms with van der Waals surface area (Å²) in [7, 11) is 0. The molecule has 0 aromatic heterocycles. The first-order valence-electron chi connectivity index (χ1n) is 7.50. The molecule has 1 atom stereocenters. The molecule has 0 radical (unpaired) electrons. The topological polar surface area (TPSA) is 66.4 Å². The van der Waals surface area contributed by atoms with Crippen molar-refractivity contribution in [2.45, 2.75) is 44.3 Å². The quantitative estimate of drug-likeness (QED) is 0.889. The monoisotopic (exact) mass is 329 g/mol. The molecule has 7 heteroatoms. The highest BCUT2D eigenvalue weighted by atomic mass is 19.4. The number of amides is 1. The van der Waals surface area contributed by atoms with Crippen LogP contribution in [0.5, 0.6) is 0 Å². The molecule has 0 saturated heterocycles. The third-order valence-corrected chi connectivity index (χ3v) is 4.15. The Hall–Kier alpha value is -2.05. The van der Waals surface area contributed by atoms with Gasteiger partial charge >= 0.3 is 12.1 Å². The van der Waals surface area contributed by atoms with Gasteiger partial charge in [0.25, 0.3) is 5.91 Å². The van der Waals surface area contributed by atoms with E-state index in [9.17, 15) is 27.9 Å². The Labute approximate surface area is 131 Å². The van der Waals surface area contributed by atoms with E-state index in [1.165, 1.54) is 12.1 Å². The van der Waals surface area contributed by atoms with Crippen LogP contribution in [0, 0.1) is 5.92 Å². The van der Waals surface area contributed by atoms with Crippen molar-refractivity contribution < 1.29 is 27.9 Å². The molecule has 126 valence electrons. The smallest absolute Gasteiger partial charge is 0.417 e. The van der Waals surface area contributed by atoms with Crippen LogP contribution in [-0.2, 0) is 11.0 Å². The van der Waals surface area contributed by atoms with E-state index in [0.29, 0.717) is 12.8 Å². The number of hydrogen-bond acceptors (Lipinski definition) is 2. The number of hydrogen-bond donors (Lipinski definition) is 2. The highest BCUT2D eigenvalue weighted by Crippen LogP contribution is 2.32. The summed E-state index contributed by atoms with van der Waals surface area (Å²) in [6.07, 6.45) is -0.631. The first kappa shape index (κ1) is 17.3. The van der Waals surface area contributed by atoms with E-state index < -0.39 is 35.2 Å². The molecule has 4 nitrogen and oxygen atoms in total. The normalized spacial score (nSPS) is 17.5. The van der Waals surface area contributed by atoms with Gasteiger partial charge in [-0.3, -0.25) is 4.79 Å². The number of carbonyl (C=O) groups excluding carboxylic acids is 1. The minimum atomic E-state index is -4.67. The van der Waals surface area contributed by atoms with Crippen molar-refractivity contribution in [2.24, 2.45) is 5.92 Å². The van der Waals surface area contributed by atoms with Crippen LogP contribution in [0.4, 0.5) is 13.2 Å². The second kappa shape index (κ2) is 7.02. The van der Waals surface area contributed by atoms with Crippen LogP contribution in [0.2, 0.25) is 0 Å². The Morgan fingerprint density at radius 3 is 2.30 bits per heavy atom. The molecule has 1 aromatic carbocycles. The molecule has 0 unspecified atom stereocenters. The lowest BCUT2D eigenvalue weighted by Crippen LogP contribution is -2.46. The summed E-state index contributed by atoms with van der Waals surface area (Å²) in [6, 6.07) is 3.21. The Morgan fingerprint density at radius 2 is 1.74 bits per heavy atom. The largest absolute Gasteiger partial charge is 0.480 e. The number of rotatable bonds is 4. The lowest BCUT2D eigenvalue weighted by Gasteiger charge is -2.28. The summed E-state index contributed by atoms with van der Waals surface area (Å²) in [5, 5.41) is 11.6. The van der Waals surface area contributed by atoms with Crippen molar-refractivity contribution in [1.29, 1.82) is 0 Å². The number of benzene rings is 1. The molecule has 1 amide bonds. The number of aliphatic carboxylic acids is 1. The molecule has 1 aromatic rings. The van der Waals surface area contributed by atoms with Gasteiger partial charge < -0.3 is 10.4 Å². The lowest BCUT2D eigenvalue weighted by molar-refractivity contribution is -0.141. The summed E-state index contributed by atoms with van der Waals surface area (Å²) in [6.45, 7) is 0. The van der Waals surface area contributed by atoms with E-state index in [4.69, 9.17) is 0 Å². The molecule has 0 heterocycles. The number of carboxylic acid groups (broad SMARTS) is 1. The fourth-order valence-corrected chi connectivity index (χ4v) is 3.00. The van der Waals surface area contributed by atoms with Gasteiger partial charge in [0.1, 0.15) is 6.04 Å². The van der Waals surface area contributed by atoms with Crippen LogP contribution in [0.3, 0.4) is 0 Å². The maximum absolute atomic E-state index is 13.0. The Balaban J connectivity index is 2.21. The zero-order chi connectivity index (χ0) is 17.0. The van der Waals surface area contributed by atoms with Gasteiger partial charge in [-0.05, 0) is 30.9 Å². The minimum absolute atomic E-state index is 0.247. The molecular formula is C16H18F3NO3. The molecule has 0 aliphatic heterocycles. The minimum Gasteiger partial charge on any atom is -0.480 e. The van der Waals surface area contributed by atoms with Gasteiger partial charge in [-0.15, -0.1) is 0 Å². The lowest BCUT2D eigenvalue weighted by atomic mass is 9.83. The van der Waals surface area contributed by atoms with Gasteiger partial charge in [0.05, 0.1) is 11.1 Å². The zero-order valence-corrected chi connectivity index (χ0v) is 12.4. The Morgan fingerprint density at radius 1 is 1.13 bits per heavy atom. The van der Waals surface area contributed by atoms with E-state index in [2.05, 4.69) is 5.32 Å². The number of halogens is 3. The molecular weight excluding hydrogens is 311 g/mol. The standard InChI is InChI=1S/C16H18F3NO3/c17-16(18,19)12-9-5-4-8-11(12)14(21)20-13(15(22)23)10-6-2-1-3-7-10/h4-5,8-10,13H,1-3,6-7H2,(H,20,21)(H,22,23)/t13-/m1/s1. The highest BCUT2D eigenvalue weighted by molar-refractivity contribution is 5.98. The number of alkyl halides is 3. The van der Waals surface area contributed by atoms with Gasteiger partial charge in [-0.2, -0.15) is 13.2 Å². The van der Waals surface area contributed by atoms with Crippen LogP contribution >= 0.6 is 0 Å². The van der Waals surface area contributed by atoms with Crippen LogP contribution < -0.4 is 5.32 Å². The summed E-state index contributed by atoms with van der Waals surface area (Å²) < 4.78 is 38.9. The van der Waals surface area contributed by atoms with E-state index in [-0.39, 0.29) is 5.92 Å². The van der Waals surface area contributed by atoms with Crippen molar-refractivity contribution in [3.8, 4) is 0 Å². The fraction of sp³-hybridized carbons (Fsp3) is 0.500. The SMILES string of the molecule is O=C(N[C@@H](C(=O)O)C1CCCCC1)c1ccccc1C(F)(F)F. The third kappa shape index (κ3) is 4.24. The second-order valence-electron chi connectivity index (χ2n) is 5.73. The van der Waals surface area contributed by atoms with E-state index in [1.54, 1.807) is 0 Å². The van der Waals surface area contributed by atoms with Gasteiger partial charge in [0, 0.05) is 0 Å². The van der Waals surface area contributed by atoms with Crippen molar-refractivity contribution in [3.05, 3.63) is 35.4 Å². The average Bonchev–Trinajstić information content (AvgIpc) is 2.52. The van der Waals surface area contributed by atoms with E-state index >= 15 is 0 Å². The van der Waals surface area contributed by atoms with Gasteiger partial charge in [0.2, 0.25) is 0 Å². The molecule has 1 aliphatic rings. The van der Waals surface area contributed by atoms with Crippen molar-refractivity contribution in [3.63, 3.8) is 0 Å². The van der Waals surface area contributed by atoms with Gasteiger partial charge in [-0.1, -0.05) is 31.4 Å². The predicted octanol–water partition coefficient (Wildman–Crippen LogP) is 3.47. The summed E-state index contributed by atoms with van der Waals surface area (Å²) in [5.41, 5.74) is -1.62.